The summed E-state index contributed by atoms with van der Waals surface area (Å²) >= 11 is 0. The number of H-pyrrole nitrogens is 2. The van der Waals surface area contributed by atoms with Gasteiger partial charge in [0, 0.05) is 80.1 Å². The smallest absolute Gasteiger partial charge is 0.219 e. The van der Waals surface area contributed by atoms with Gasteiger partial charge in [-0.1, -0.05) is 80.2 Å². The number of β-amino-alcohol motifs (C(OH)–C–C–N with tert-alkyl or cyclic N) is 2. The van der Waals surface area contributed by atoms with Gasteiger partial charge in [0.25, 0.3) is 0 Å². The largest absolute Gasteiger partial charge is 0.490 e. The molecule has 3 heterocycles. The number of hydrogen-bond donors (Lipinski definition) is 6. The van der Waals surface area contributed by atoms with Crippen LogP contribution in [0.25, 0.3) is 43.6 Å². The molecule has 0 spiro atoms. The van der Waals surface area contributed by atoms with Crippen LogP contribution in [0, 0.1) is 0 Å². The molecule has 0 radical (unpaired) electrons. The molecular weight excluding hydrogens is 1060 g/mol. The highest BCUT2D eigenvalue weighted by molar-refractivity contribution is 6.11. The quantitative estimate of drug-likeness (QED) is 0.0356. The van der Waals surface area contributed by atoms with Crippen LogP contribution >= 0.6 is 24.8 Å². The summed E-state index contributed by atoms with van der Waals surface area (Å²) in [4.78, 5) is 33.9. The highest BCUT2D eigenvalue weighted by Crippen LogP contribution is 2.35. The topological polar surface area (TPSA) is 180 Å². The Labute approximate surface area is 486 Å². The number of aliphatic hydroxyl groups is 2. The van der Waals surface area contributed by atoms with Gasteiger partial charge in [0.1, 0.15) is 54.2 Å². The van der Waals surface area contributed by atoms with Gasteiger partial charge < -0.3 is 49.8 Å². The number of nitrogens with one attached hydrogen (secondary N) is 4. The number of halogens is 2. The molecule has 10 rings (SSSR count). The molecular formula is C66H73Cl2N5O8. The number of ketones is 2. The van der Waals surface area contributed by atoms with Crippen molar-refractivity contribution in [2.75, 3.05) is 26.3 Å². The van der Waals surface area contributed by atoms with Crippen molar-refractivity contribution in [3.63, 3.8) is 0 Å². The minimum absolute atomic E-state index is 0. The fourth-order valence-electron chi connectivity index (χ4n) is 9.41. The molecule has 2 atom stereocenters. The molecule has 0 saturated heterocycles. The number of benzene rings is 7. The zero-order valence-electron chi connectivity index (χ0n) is 45.7. The fraction of sp³-hybridized carbons (Fsp3) is 0.258. The number of fused-ring (bicyclic) bond motifs is 6. The summed E-state index contributed by atoms with van der Waals surface area (Å²) in [5.74, 6) is 4.06. The molecule has 0 amide bonds. The van der Waals surface area contributed by atoms with Gasteiger partial charge in [-0.2, -0.15) is 0 Å². The first-order chi connectivity index (χ1) is 37.5. The zero-order chi connectivity index (χ0) is 54.8. The number of carbonyl (C=O) groups excluding carboxylic acids is 2. The Morgan fingerprint density at radius 2 is 0.901 bits per heavy atom. The third kappa shape index (κ3) is 16.7. The number of aromatic amines is 2. The van der Waals surface area contributed by atoms with E-state index in [2.05, 4.69) is 71.5 Å². The summed E-state index contributed by atoms with van der Waals surface area (Å²) in [5.41, 5.74) is 7.19. The molecule has 424 valence electrons. The second kappa shape index (κ2) is 28.1. The van der Waals surface area contributed by atoms with Crippen molar-refractivity contribution in [1.29, 1.82) is 0 Å². The van der Waals surface area contributed by atoms with Crippen LogP contribution in [-0.4, -0.2) is 86.3 Å². The average Bonchev–Trinajstić information content (AvgIpc) is 4.03. The maximum atomic E-state index is 11.4. The molecule has 0 fully saturated rings. The number of nitrogens with zero attached hydrogens (tertiary/aromatic N) is 1. The van der Waals surface area contributed by atoms with Crippen LogP contribution in [0.5, 0.6) is 34.6 Å². The lowest BCUT2D eigenvalue weighted by molar-refractivity contribution is 0.0996. The van der Waals surface area contributed by atoms with Gasteiger partial charge in [-0.3, -0.25) is 9.59 Å². The van der Waals surface area contributed by atoms with E-state index in [1.165, 1.54) is 13.1 Å². The third-order valence-electron chi connectivity index (χ3n) is 13.5. The van der Waals surface area contributed by atoms with Crippen molar-refractivity contribution in [2.24, 2.45) is 0 Å². The summed E-state index contributed by atoms with van der Waals surface area (Å²) in [6, 6.07) is 54.5. The lowest BCUT2D eigenvalue weighted by Gasteiger charge is -2.28. The number of Topliss-reactive ketones (excluding diaryl/α,β-unsaturated/α-hetero) is 2. The predicted molar refractivity (Wildman–Crippen MR) is 331 cm³/mol. The second-order valence-electron chi connectivity index (χ2n) is 21.0. The molecule has 0 aliphatic heterocycles. The lowest BCUT2D eigenvalue weighted by Crippen LogP contribution is -2.46. The number of para-hydroxylation sites is 2. The number of ether oxygens (including phenoxy) is 4. The van der Waals surface area contributed by atoms with Crippen LogP contribution in [0.4, 0.5) is 0 Å². The predicted octanol–water partition coefficient (Wildman–Crippen LogP) is 14.2. The van der Waals surface area contributed by atoms with Gasteiger partial charge in [-0.05, 0) is 157 Å². The Bertz CT molecular complexity index is 3400. The first-order valence-corrected chi connectivity index (χ1v) is 26.3. The van der Waals surface area contributed by atoms with E-state index in [0.717, 1.165) is 84.8 Å². The SMILES string of the molecule is C.CC(=O)c1ccc(Oc2ccc(CC(C)(C)NC[C@H](O)COc3cccc4[nH]c5ccccc5c34)cc2)cc1.CC(=O)c1ccc(Oc2ccc(CC(C)(C)NC[C@H](O)COc3cccc4[nH]c5ccccc5c34)cc2)nc1.Cl.Cl. The maximum Gasteiger partial charge on any atom is 0.219 e. The van der Waals surface area contributed by atoms with E-state index in [4.69, 9.17) is 18.9 Å². The molecule has 0 unspecified atom stereocenters. The molecule has 6 N–H and O–H groups in total. The van der Waals surface area contributed by atoms with E-state index in [9.17, 15) is 19.8 Å². The number of pyridine rings is 1. The van der Waals surface area contributed by atoms with Crippen molar-refractivity contribution < 1.29 is 38.7 Å². The van der Waals surface area contributed by atoms with Crippen LogP contribution in [0.2, 0.25) is 0 Å². The van der Waals surface area contributed by atoms with Crippen LogP contribution in [0.15, 0.2) is 176 Å². The van der Waals surface area contributed by atoms with Gasteiger partial charge in [-0.25, -0.2) is 4.98 Å². The number of aliphatic hydroxyl groups excluding tert-OH is 2. The highest BCUT2D eigenvalue weighted by Gasteiger charge is 2.22. The Balaban J connectivity index is 0.000000252. The maximum absolute atomic E-state index is 11.4. The molecule has 3 aromatic heterocycles. The molecule has 0 aliphatic rings. The normalized spacial score (nSPS) is 12.0. The molecule has 7 aromatic carbocycles. The molecule has 0 saturated carbocycles. The van der Waals surface area contributed by atoms with Crippen molar-refractivity contribution in [2.45, 2.75) is 85.1 Å². The number of aromatic nitrogens is 3. The molecule has 0 bridgehead atoms. The van der Waals surface area contributed by atoms with Gasteiger partial charge in [0.15, 0.2) is 11.6 Å². The van der Waals surface area contributed by atoms with Crippen LogP contribution < -0.4 is 29.6 Å². The van der Waals surface area contributed by atoms with Gasteiger partial charge in [0.2, 0.25) is 5.88 Å². The molecule has 13 nitrogen and oxygen atoms in total. The molecule has 15 heteroatoms. The summed E-state index contributed by atoms with van der Waals surface area (Å²) in [5, 5.41) is 32.6. The van der Waals surface area contributed by atoms with Crippen LogP contribution in [-0.2, 0) is 12.8 Å². The van der Waals surface area contributed by atoms with E-state index in [1.54, 1.807) is 43.3 Å². The van der Waals surface area contributed by atoms with Crippen molar-refractivity contribution in [3.8, 4) is 34.6 Å². The minimum atomic E-state index is -0.664. The zero-order valence-corrected chi connectivity index (χ0v) is 47.4. The molecule has 81 heavy (non-hydrogen) atoms. The van der Waals surface area contributed by atoms with E-state index < -0.39 is 12.2 Å². The van der Waals surface area contributed by atoms with Gasteiger partial charge in [-0.15, -0.1) is 24.8 Å². The summed E-state index contributed by atoms with van der Waals surface area (Å²) in [7, 11) is 0. The lowest BCUT2D eigenvalue weighted by atomic mass is 9.94. The van der Waals surface area contributed by atoms with Crippen molar-refractivity contribution >= 4 is 80.0 Å². The third-order valence-corrected chi connectivity index (χ3v) is 13.5. The number of carbonyl (C=O) groups is 2. The second-order valence-corrected chi connectivity index (χ2v) is 21.0. The summed E-state index contributed by atoms with van der Waals surface area (Å²) in [6.07, 6.45) is 1.74. The van der Waals surface area contributed by atoms with E-state index in [0.29, 0.717) is 41.6 Å². The number of rotatable bonds is 22. The fourth-order valence-corrected chi connectivity index (χ4v) is 9.41. The molecule has 10 aromatic rings. The van der Waals surface area contributed by atoms with Crippen molar-refractivity contribution in [3.05, 3.63) is 198 Å². The van der Waals surface area contributed by atoms with E-state index in [1.807, 2.05) is 115 Å². The average molecular weight is 1140 g/mol. The highest BCUT2D eigenvalue weighted by atomic mass is 35.5. The first kappa shape index (κ1) is 62.4. The molecule has 0 aliphatic carbocycles. The Morgan fingerprint density at radius 3 is 1.32 bits per heavy atom. The van der Waals surface area contributed by atoms with E-state index in [-0.39, 0.29) is 68.1 Å². The first-order valence-electron chi connectivity index (χ1n) is 26.3. The minimum Gasteiger partial charge on any atom is -0.490 e. The van der Waals surface area contributed by atoms with E-state index >= 15 is 0 Å². The van der Waals surface area contributed by atoms with Gasteiger partial charge in [0.05, 0.1) is 11.0 Å². The summed E-state index contributed by atoms with van der Waals surface area (Å²) in [6.45, 7) is 12.7. The van der Waals surface area contributed by atoms with Crippen LogP contribution in [0.3, 0.4) is 0 Å². The monoisotopic (exact) mass is 1130 g/mol. The van der Waals surface area contributed by atoms with Crippen LogP contribution in [0.1, 0.15) is 80.8 Å². The number of hydrogen-bond acceptors (Lipinski definition) is 11. The summed E-state index contributed by atoms with van der Waals surface area (Å²) < 4.78 is 23.8. The van der Waals surface area contributed by atoms with Gasteiger partial charge >= 0.3 is 0 Å². The standard InChI is InChI=1S/C33H34N2O4.C32H33N3O4.CH4.2ClH/c1-22(36)24-13-17-27(18-14-24)39-26-15-11-23(12-16-26)19-33(2,3)34-20-25(37)21-38-31-10-6-9-30-32(31)28-7-4-5-8-29(28)35-30;1-21(36)23-13-16-30(33-18-23)39-25-14-11-22(12-15-25)17-32(2,3)34-19-24(37)20-38-29-10-6-9-28-31(29)26-7-4-5-8-27(26)35-28;;;/h4-18,25,34-35,37H,19-21H2,1-3H3;4-16,18,24,34-35,37H,17,19-20H2,1-3H3;1H4;2*1H/t25-;24-;;;/m00.../s1. The Morgan fingerprint density at radius 1 is 0.506 bits per heavy atom. The van der Waals surface area contributed by atoms with Crippen molar-refractivity contribution in [1.82, 2.24) is 25.6 Å². The Hall–Kier alpha value is -7.75. The Kier molecular flexibility index (Phi) is 21.7.